The Hall–Kier alpha value is -1.49. The summed E-state index contributed by atoms with van der Waals surface area (Å²) in [7, 11) is 0. The molecule has 7 nitrogen and oxygen atoms in total. The van der Waals surface area contributed by atoms with E-state index in [-0.39, 0.29) is 12.1 Å². The van der Waals surface area contributed by atoms with Crippen molar-refractivity contribution in [2.45, 2.75) is 31.7 Å². The second-order valence-corrected chi connectivity index (χ2v) is 3.73. The summed E-state index contributed by atoms with van der Waals surface area (Å²) >= 11 is 0. The predicted molar refractivity (Wildman–Crippen MR) is 54.7 cm³/mol. The van der Waals surface area contributed by atoms with Gasteiger partial charge in [-0.1, -0.05) is 0 Å². The van der Waals surface area contributed by atoms with Crippen molar-refractivity contribution in [3.63, 3.8) is 0 Å². The maximum Gasteiger partial charge on any atom is 0.146 e. The monoisotopic (exact) mass is 222 g/mol. The van der Waals surface area contributed by atoms with E-state index in [0.717, 1.165) is 19.4 Å². The first kappa shape index (κ1) is 11.0. The molecule has 0 spiro atoms. The Balaban J connectivity index is 1.63. The quantitative estimate of drug-likeness (QED) is 0.661. The first-order chi connectivity index (χ1) is 7.88. The molecule has 1 saturated heterocycles. The molecular weight excluding hydrogens is 208 g/mol. The first-order valence-corrected chi connectivity index (χ1v) is 5.21. The fourth-order valence-corrected chi connectivity index (χ4v) is 1.59. The molecule has 0 radical (unpaired) electrons. The summed E-state index contributed by atoms with van der Waals surface area (Å²) in [6.07, 6.45) is 4.97. The van der Waals surface area contributed by atoms with E-state index in [0.29, 0.717) is 6.73 Å². The molecule has 86 valence electrons. The Bertz CT molecular complexity index is 337. The second-order valence-electron chi connectivity index (χ2n) is 3.73. The molecule has 0 saturated carbocycles. The van der Waals surface area contributed by atoms with E-state index in [1.807, 2.05) is 0 Å². The molecule has 1 aromatic rings. The average molecular weight is 222 g/mol. The molecule has 1 aliphatic rings. The molecule has 2 atom stereocenters. The summed E-state index contributed by atoms with van der Waals surface area (Å²) in [6, 6.07) is 2.44. The zero-order chi connectivity index (χ0) is 11.2. The number of rotatable bonds is 4. The molecule has 2 N–H and O–H groups in total. The van der Waals surface area contributed by atoms with Crippen LogP contribution >= 0.6 is 0 Å². The van der Waals surface area contributed by atoms with Crippen molar-refractivity contribution in [2.75, 3.05) is 6.54 Å². The van der Waals surface area contributed by atoms with Crippen LogP contribution < -0.4 is 10.8 Å². The van der Waals surface area contributed by atoms with Gasteiger partial charge in [0.2, 0.25) is 0 Å². The van der Waals surface area contributed by atoms with Crippen LogP contribution in [0.2, 0.25) is 0 Å². The molecular formula is C9H14N6O. The summed E-state index contributed by atoms with van der Waals surface area (Å²) < 4.78 is 1.72. The zero-order valence-corrected chi connectivity index (χ0v) is 8.83. The number of hydrogen-bond donors (Lipinski definition) is 2. The van der Waals surface area contributed by atoms with E-state index in [1.54, 1.807) is 17.2 Å². The lowest BCUT2D eigenvalue weighted by atomic mass is 10.0. The number of hydrogen-bond acceptors (Lipinski definition) is 6. The molecule has 0 aliphatic carbocycles. The third-order valence-corrected chi connectivity index (χ3v) is 2.50. The summed E-state index contributed by atoms with van der Waals surface area (Å²) in [5, 5.41) is 19.2. The number of nitrogens with one attached hydrogen (secondary N) is 2. The Morgan fingerprint density at radius 1 is 1.50 bits per heavy atom. The molecule has 0 amide bonds. The number of piperidine rings is 1. The van der Waals surface area contributed by atoms with Crippen LogP contribution in [0.1, 0.15) is 12.8 Å². The normalized spacial score (nSPS) is 25.2. The van der Waals surface area contributed by atoms with Crippen LogP contribution in [-0.4, -0.2) is 33.4 Å². The van der Waals surface area contributed by atoms with Crippen LogP contribution in [0.15, 0.2) is 12.7 Å². The van der Waals surface area contributed by atoms with Crippen LogP contribution in [0.25, 0.3) is 0 Å². The van der Waals surface area contributed by atoms with Crippen LogP contribution in [-0.2, 0) is 11.6 Å². The van der Waals surface area contributed by atoms with Gasteiger partial charge < -0.3 is 5.32 Å². The molecule has 2 heterocycles. The highest BCUT2D eigenvalue weighted by atomic mass is 16.7. The van der Waals surface area contributed by atoms with Crippen molar-refractivity contribution in [1.29, 1.82) is 5.26 Å². The fraction of sp³-hybridized carbons (Fsp3) is 0.667. The third-order valence-electron chi connectivity index (χ3n) is 2.50. The van der Waals surface area contributed by atoms with Crippen molar-refractivity contribution in [2.24, 2.45) is 0 Å². The van der Waals surface area contributed by atoms with Crippen LogP contribution in [0.5, 0.6) is 0 Å². The van der Waals surface area contributed by atoms with E-state index >= 15 is 0 Å². The summed E-state index contributed by atoms with van der Waals surface area (Å²) in [6.45, 7) is 1.13. The Morgan fingerprint density at radius 2 is 2.31 bits per heavy atom. The molecule has 2 rings (SSSR count). The molecule has 1 aliphatic heterocycles. The molecule has 7 heteroatoms. The fourth-order valence-electron chi connectivity index (χ4n) is 1.59. The van der Waals surface area contributed by atoms with Crippen molar-refractivity contribution in [3.8, 4) is 6.07 Å². The van der Waals surface area contributed by atoms with Gasteiger partial charge in [-0.05, 0) is 12.8 Å². The van der Waals surface area contributed by atoms with Gasteiger partial charge >= 0.3 is 0 Å². The standard InChI is InChI=1S/C9H14N6O/c10-3-8-1-2-9(4-11-8)14-16-7-15-5-12-13-6-15/h5-6,8-9,11,14H,1-2,4,7H2/t8-,9+/m0/s1. The maximum absolute atomic E-state index is 8.70. The van der Waals surface area contributed by atoms with E-state index in [9.17, 15) is 0 Å². The number of nitrogens with zero attached hydrogens (tertiary/aromatic N) is 4. The van der Waals surface area contributed by atoms with E-state index in [4.69, 9.17) is 10.1 Å². The van der Waals surface area contributed by atoms with E-state index in [1.165, 1.54) is 0 Å². The SMILES string of the molecule is N#C[C@@H]1CC[C@@H](NOCn2cnnc2)CN1. The van der Waals surface area contributed by atoms with Gasteiger partial charge in [0.15, 0.2) is 0 Å². The topological polar surface area (TPSA) is 87.8 Å². The van der Waals surface area contributed by atoms with Gasteiger partial charge in [-0.25, -0.2) is 0 Å². The number of aromatic nitrogens is 3. The molecule has 0 unspecified atom stereocenters. The highest BCUT2D eigenvalue weighted by Crippen LogP contribution is 2.07. The van der Waals surface area contributed by atoms with Gasteiger partial charge in [0.05, 0.1) is 12.1 Å². The highest BCUT2D eigenvalue weighted by Gasteiger charge is 2.19. The van der Waals surface area contributed by atoms with Crippen molar-refractivity contribution >= 4 is 0 Å². The van der Waals surface area contributed by atoms with Gasteiger partial charge in [0.1, 0.15) is 19.4 Å². The summed E-state index contributed by atoms with van der Waals surface area (Å²) in [5.41, 5.74) is 2.96. The van der Waals surface area contributed by atoms with Gasteiger partial charge in [0.25, 0.3) is 0 Å². The van der Waals surface area contributed by atoms with Crippen LogP contribution in [0.4, 0.5) is 0 Å². The smallest absolute Gasteiger partial charge is 0.146 e. The van der Waals surface area contributed by atoms with Gasteiger partial charge in [0, 0.05) is 12.6 Å². The molecule has 1 fully saturated rings. The Morgan fingerprint density at radius 3 is 2.94 bits per heavy atom. The van der Waals surface area contributed by atoms with Crippen molar-refractivity contribution in [3.05, 3.63) is 12.7 Å². The van der Waals surface area contributed by atoms with E-state index in [2.05, 4.69) is 27.1 Å². The Labute approximate surface area is 93.4 Å². The number of nitriles is 1. The third kappa shape index (κ3) is 3.00. The van der Waals surface area contributed by atoms with Crippen LogP contribution in [0, 0.1) is 11.3 Å². The molecule has 0 aromatic carbocycles. The highest BCUT2D eigenvalue weighted by molar-refractivity contribution is 4.94. The second kappa shape index (κ2) is 5.55. The zero-order valence-electron chi connectivity index (χ0n) is 8.83. The average Bonchev–Trinajstić information content (AvgIpc) is 2.83. The minimum atomic E-state index is -0.0177. The van der Waals surface area contributed by atoms with E-state index < -0.39 is 0 Å². The largest absolute Gasteiger partial charge is 0.300 e. The van der Waals surface area contributed by atoms with Crippen molar-refractivity contribution in [1.82, 2.24) is 25.6 Å². The first-order valence-electron chi connectivity index (χ1n) is 5.21. The molecule has 16 heavy (non-hydrogen) atoms. The lowest BCUT2D eigenvalue weighted by Crippen LogP contribution is -2.47. The van der Waals surface area contributed by atoms with Crippen molar-refractivity contribution < 1.29 is 4.84 Å². The Kier molecular flexibility index (Phi) is 3.82. The van der Waals surface area contributed by atoms with Gasteiger partial charge in [-0.15, -0.1) is 10.2 Å². The number of hydroxylamine groups is 1. The van der Waals surface area contributed by atoms with Gasteiger partial charge in [-0.3, -0.25) is 9.40 Å². The summed E-state index contributed by atoms with van der Waals surface area (Å²) in [5.74, 6) is 0. The predicted octanol–water partition coefficient (Wildman–Crippen LogP) is -0.599. The lowest BCUT2D eigenvalue weighted by molar-refractivity contribution is -0.0316. The minimum Gasteiger partial charge on any atom is -0.300 e. The van der Waals surface area contributed by atoms with Crippen LogP contribution in [0.3, 0.4) is 0 Å². The lowest BCUT2D eigenvalue weighted by Gasteiger charge is -2.26. The van der Waals surface area contributed by atoms with Gasteiger partial charge in [-0.2, -0.15) is 10.7 Å². The maximum atomic E-state index is 8.70. The minimum absolute atomic E-state index is 0.0177. The molecule has 0 bridgehead atoms. The molecule has 1 aromatic heterocycles. The summed E-state index contributed by atoms with van der Waals surface area (Å²) in [4.78, 5) is 5.30.